The van der Waals surface area contributed by atoms with Gasteiger partial charge in [0, 0.05) is 24.7 Å². The van der Waals surface area contributed by atoms with Crippen molar-refractivity contribution in [2.75, 3.05) is 26.8 Å². The molecule has 2 rings (SSSR count). The fourth-order valence-corrected chi connectivity index (χ4v) is 2.31. The van der Waals surface area contributed by atoms with Crippen LogP contribution in [0.1, 0.15) is 22.8 Å². The first-order valence-corrected chi connectivity index (χ1v) is 6.84. The third-order valence-electron chi connectivity index (χ3n) is 3.62. The van der Waals surface area contributed by atoms with E-state index in [4.69, 9.17) is 15.2 Å². The smallest absolute Gasteiger partial charge is 0.254 e. The van der Waals surface area contributed by atoms with Gasteiger partial charge in [0.15, 0.2) is 0 Å². The molecule has 1 amide bonds. The molecule has 0 radical (unpaired) electrons. The zero-order valence-electron chi connectivity index (χ0n) is 12.3. The maximum Gasteiger partial charge on any atom is 0.254 e. The molecular formula is C15H22N2O3. The summed E-state index contributed by atoms with van der Waals surface area (Å²) in [5, 5.41) is 0. The first-order valence-electron chi connectivity index (χ1n) is 6.84. The van der Waals surface area contributed by atoms with Crippen LogP contribution in [0.4, 0.5) is 0 Å². The van der Waals surface area contributed by atoms with Crippen LogP contribution in [0.5, 0.6) is 5.75 Å². The second kappa shape index (κ2) is 6.24. The number of benzene rings is 1. The standard InChI is InChI=1S/C15H22N2O3/c1-10-4-5-12(8-13(10)19-3)15(18)17-6-7-20-14(9-17)11(2)16/h4-5,8,11,14H,6-7,9,16H2,1-3H3. The normalized spacial score (nSPS) is 20.6. The maximum atomic E-state index is 12.5. The summed E-state index contributed by atoms with van der Waals surface area (Å²) < 4.78 is 10.8. The number of aryl methyl sites for hydroxylation is 1. The Hall–Kier alpha value is -1.59. The monoisotopic (exact) mass is 278 g/mol. The fraction of sp³-hybridized carbons (Fsp3) is 0.533. The fourth-order valence-electron chi connectivity index (χ4n) is 2.31. The topological polar surface area (TPSA) is 64.8 Å². The van der Waals surface area contributed by atoms with E-state index in [1.54, 1.807) is 18.1 Å². The molecule has 5 heteroatoms. The highest BCUT2D eigenvalue weighted by Crippen LogP contribution is 2.21. The Balaban J connectivity index is 2.14. The number of nitrogens with zero attached hydrogens (tertiary/aromatic N) is 1. The van der Waals surface area contributed by atoms with E-state index >= 15 is 0 Å². The number of hydrogen-bond acceptors (Lipinski definition) is 4. The highest BCUT2D eigenvalue weighted by molar-refractivity contribution is 5.94. The summed E-state index contributed by atoms with van der Waals surface area (Å²) >= 11 is 0. The third-order valence-corrected chi connectivity index (χ3v) is 3.62. The van der Waals surface area contributed by atoms with Gasteiger partial charge in [0.1, 0.15) is 5.75 Å². The van der Waals surface area contributed by atoms with Gasteiger partial charge in [-0.2, -0.15) is 0 Å². The van der Waals surface area contributed by atoms with Gasteiger partial charge in [0.25, 0.3) is 5.91 Å². The van der Waals surface area contributed by atoms with Crippen LogP contribution in [0.2, 0.25) is 0 Å². The number of methoxy groups -OCH3 is 1. The molecule has 2 N–H and O–H groups in total. The lowest BCUT2D eigenvalue weighted by molar-refractivity contribution is -0.0300. The summed E-state index contributed by atoms with van der Waals surface area (Å²) in [6.45, 7) is 5.51. The number of ether oxygens (including phenoxy) is 2. The molecule has 0 saturated carbocycles. The molecule has 0 spiro atoms. The van der Waals surface area contributed by atoms with E-state index < -0.39 is 0 Å². The zero-order valence-corrected chi connectivity index (χ0v) is 12.3. The molecule has 1 aromatic rings. The molecule has 0 bridgehead atoms. The Morgan fingerprint density at radius 1 is 1.55 bits per heavy atom. The number of carbonyl (C=O) groups excluding carboxylic acids is 1. The molecule has 0 aliphatic carbocycles. The largest absolute Gasteiger partial charge is 0.496 e. The van der Waals surface area contributed by atoms with Gasteiger partial charge in [-0.15, -0.1) is 0 Å². The number of carbonyl (C=O) groups is 1. The highest BCUT2D eigenvalue weighted by atomic mass is 16.5. The minimum atomic E-state index is -0.0972. The highest BCUT2D eigenvalue weighted by Gasteiger charge is 2.27. The minimum absolute atomic E-state index is 0.00255. The van der Waals surface area contributed by atoms with Crippen molar-refractivity contribution < 1.29 is 14.3 Å². The second-order valence-corrected chi connectivity index (χ2v) is 5.20. The van der Waals surface area contributed by atoms with Gasteiger partial charge in [-0.05, 0) is 31.5 Å². The van der Waals surface area contributed by atoms with Gasteiger partial charge in [-0.25, -0.2) is 0 Å². The van der Waals surface area contributed by atoms with Gasteiger partial charge in [0.05, 0.1) is 19.8 Å². The molecular weight excluding hydrogens is 256 g/mol. The Kier molecular flexibility index (Phi) is 4.62. The van der Waals surface area contributed by atoms with Crippen molar-refractivity contribution >= 4 is 5.91 Å². The molecule has 110 valence electrons. The van der Waals surface area contributed by atoms with E-state index in [1.165, 1.54) is 0 Å². The average molecular weight is 278 g/mol. The summed E-state index contributed by atoms with van der Waals surface area (Å²) in [6, 6.07) is 5.43. The lowest BCUT2D eigenvalue weighted by atomic mass is 10.1. The van der Waals surface area contributed by atoms with Crippen molar-refractivity contribution in [1.82, 2.24) is 4.90 Å². The number of morpholine rings is 1. The Morgan fingerprint density at radius 3 is 2.95 bits per heavy atom. The Bertz CT molecular complexity index is 488. The predicted octanol–water partition coefficient (Wildman–Crippen LogP) is 1.19. The van der Waals surface area contributed by atoms with Gasteiger partial charge < -0.3 is 20.1 Å². The molecule has 1 aromatic carbocycles. The third kappa shape index (κ3) is 3.11. The molecule has 1 heterocycles. The molecule has 2 unspecified atom stereocenters. The van der Waals surface area contributed by atoms with Crippen LogP contribution in [0.25, 0.3) is 0 Å². The molecule has 1 fully saturated rings. The maximum absolute atomic E-state index is 12.5. The summed E-state index contributed by atoms with van der Waals surface area (Å²) in [5.74, 6) is 0.727. The number of amides is 1. The van der Waals surface area contributed by atoms with E-state index in [2.05, 4.69) is 0 Å². The summed E-state index contributed by atoms with van der Waals surface area (Å²) in [7, 11) is 1.61. The summed E-state index contributed by atoms with van der Waals surface area (Å²) in [6.07, 6.45) is -0.0972. The lowest BCUT2D eigenvalue weighted by Crippen LogP contribution is -2.51. The second-order valence-electron chi connectivity index (χ2n) is 5.20. The van der Waals surface area contributed by atoms with E-state index in [1.807, 2.05) is 26.0 Å². The molecule has 1 aliphatic rings. The first kappa shape index (κ1) is 14.8. The summed E-state index contributed by atoms with van der Waals surface area (Å²) in [4.78, 5) is 14.3. The van der Waals surface area contributed by atoms with Crippen LogP contribution in [-0.4, -0.2) is 49.8 Å². The number of rotatable bonds is 3. The van der Waals surface area contributed by atoms with Crippen molar-refractivity contribution in [3.63, 3.8) is 0 Å². The molecule has 1 saturated heterocycles. The van der Waals surface area contributed by atoms with Gasteiger partial charge >= 0.3 is 0 Å². The van der Waals surface area contributed by atoms with Crippen LogP contribution < -0.4 is 10.5 Å². The molecule has 5 nitrogen and oxygen atoms in total. The van der Waals surface area contributed by atoms with E-state index in [9.17, 15) is 4.79 Å². The van der Waals surface area contributed by atoms with E-state index in [0.717, 1.165) is 11.3 Å². The molecule has 2 atom stereocenters. The quantitative estimate of drug-likeness (QED) is 0.902. The minimum Gasteiger partial charge on any atom is -0.496 e. The molecule has 1 aliphatic heterocycles. The SMILES string of the molecule is COc1cc(C(=O)N2CCOC(C(C)N)C2)ccc1C. The molecule has 0 aromatic heterocycles. The van der Waals surface area contributed by atoms with E-state index in [0.29, 0.717) is 25.3 Å². The van der Waals surface area contributed by atoms with Gasteiger partial charge in [0.2, 0.25) is 0 Å². The van der Waals surface area contributed by atoms with Gasteiger partial charge in [-0.3, -0.25) is 4.79 Å². The number of nitrogens with two attached hydrogens (primary N) is 1. The van der Waals surface area contributed by atoms with Crippen molar-refractivity contribution in [2.45, 2.75) is 26.0 Å². The van der Waals surface area contributed by atoms with Gasteiger partial charge in [-0.1, -0.05) is 6.07 Å². The molecule has 20 heavy (non-hydrogen) atoms. The Labute approximate surface area is 119 Å². The lowest BCUT2D eigenvalue weighted by Gasteiger charge is -2.34. The zero-order chi connectivity index (χ0) is 14.7. The predicted molar refractivity (Wildman–Crippen MR) is 77.0 cm³/mol. The van der Waals surface area contributed by atoms with Crippen LogP contribution in [0.3, 0.4) is 0 Å². The van der Waals surface area contributed by atoms with E-state index in [-0.39, 0.29) is 18.1 Å². The Morgan fingerprint density at radius 2 is 2.30 bits per heavy atom. The summed E-state index contributed by atoms with van der Waals surface area (Å²) in [5.41, 5.74) is 7.50. The number of hydrogen-bond donors (Lipinski definition) is 1. The van der Waals surface area contributed by atoms with Crippen LogP contribution in [-0.2, 0) is 4.74 Å². The van der Waals surface area contributed by atoms with Crippen molar-refractivity contribution in [2.24, 2.45) is 5.73 Å². The van der Waals surface area contributed by atoms with Crippen LogP contribution >= 0.6 is 0 Å². The van der Waals surface area contributed by atoms with Crippen LogP contribution in [0, 0.1) is 6.92 Å². The van der Waals surface area contributed by atoms with Crippen molar-refractivity contribution in [1.29, 1.82) is 0 Å². The first-order chi connectivity index (χ1) is 9.52. The van der Waals surface area contributed by atoms with Crippen molar-refractivity contribution in [3.05, 3.63) is 29.3 Å². The van der Waals surface area contributed by atoms with Crippen molar-refractivity contribution in [3.8, 4) is 5.75 Å². The average Bonchev–Trinajstić information content (AvgIpc) is 2.47. The van der Waals surface area contributed by atoms with Crippen LogP contribution in [0.15, 0.2) is 18.2 Å².